The van der Waals surface area contributed by atoms with Crippen LogP contribution in [0.1, 0.15) is 38.5 Å². The van der Waals surface area contributed by atoms with Gasteiger partial charge in [0.15, 0.2) is 0 Å². The Morgan fingerprint density at radius 2 is 2.11 bits per heavy atom. The molecule has 0 aromatic rings. The van der Waals surface area contributed by atoms with Crippen molar-refractivity contribution >= 4 is 24.0 Å². The van der Waals surface area contributed by atoms with Gasteiger partial charge in [-0.1, -0.05) is 19.3 Å². The molecule has 0 radical (unpaired) electrons. The van der Waals surface area contributed by atoms with Gasteiger partial charge in [-0.3, -0.25) is 4.79 Å². The van der Waals surface area contributed by atoms with Crippen LogP contribution in [0.15, 0.2) is 0 Å². The third-order valence-corrected chi connectivity index (χ3v) is 4.87. The third-order valence-electron chi connectivity index (χ3n) is 3.36. The van der Waals surface area contributed by atoms with Crippen molar-refractivity contribution in [2.75, 3.05) is 12.9 Å². The SMILES string of the molecule is COC(=O)CCCCCC[C@H]1SCC(O)[C@@H]1C=O. The fraction of sp³-hybridized carbons (Fsp3) is 0.846. The van der Waals surface area contributed by atoms with E-state index in [0.717, 1.165) is 38.4 Å². The second-order valence-electron chi connectivity index (χ2n) is 4.68. The lowest BCUT2D eigenvalue weighted by Gasteiger charge is -2.14. The quantitative estimate of drug-likeness (QED) is 0.415. The van der Waals surface area contributed by atoms with Crippen molar-refractivity contribution in [2.24, 2.45) is 5.92 Å². The predicted molar refractivity (Wildman–Crippen MR) is 71.5 cm³/mol. The van der Waals surface area contributed by atoms with Crippen LogP contribution in [-0.2, 0) is 14.3 Å². The van der Waals surface area contributed by atoms with E-state index in [1.54, 1.807) is 11.8 Å². The van der Waals surface area contributed by atoms with E-state index in [4.69, 9.17) is 0 Å². The van der Waals surface area contributed by atoms with Crippen LogP contribution in [0.2, 0.25) is 0 Å². The highest BCUT2D eigenvalue weighted by atomic mass is 32.2. The van der Waals surface area contributed by atoms with Crippen LogP contribution < -0.4 is 0 Å². The van der Waals surface area contributed by atoms with Crippen LogP contribution in [0.5, 0.6) is 0 Å². The smallest absolute Gasteiger partial charge is 0.305 e. The van der Waals surface area contributed by atoms with E-state index in [2.05, 4.69) is 4.74 Å². The van der Waals surface area contributed by atoms with Gasteiger partial charge in [0.2, 0.25) is 0 Å². The van der Waals surface area contributed by atoms with Gasteiger partial charge >= 0.3 is 5.97 Å². The van der Waals surface area contributed by atoms with Crippen molar-refractivity contribution in [1.29, 1.82) is 0 Å². The number of methoxy groups -OCH3 is 1. The second kappa shape index (κ2) is 8.53. The number of unbranched alkanes of at least 4 members (excludes halogenated alkanes) is 3. The Bertz CT molecular complexity index is 270. The van der Waals surface area contributed by atoms with Crippen molar-refractivity contribution in [3.05, 3.63) is 0 Å². The number of hydrogen-bond acceptors (Lipinski definition) is 5. The third kappa shape index (κ3) is 4.98. The maximum absolute atomic E-state index is 10.9. The molecule has 1 N–H and O–H groups in total. The van der Waals surface area contributed by atoms with E-state index in [-0.39, 0.29) is 17.1 Å². The Hall–Kier alpha value is -0.550. The summed E-state index contributed by atoms with van der Waals surface area (Å²) in [6.45, 7) is 0. The van der Waals surface area contributed by atoms with Gasteiger partial charge in [-0.2, -0.15) is 11.8 Å². The zero-order valence-corrected chi connectivity index (χ0v) is 11.7. The molecule has 1 rings (SSSR count). The summed E-state index contributed by atoms with van der Waals surface area (Å²) in [6, 6.07) is 0. The molecule has 3 atom stereocenters. The van der Waals surface area contributed by atoms with E-state index in [0.29, 0.717) is 12.2 Å². The van der Waals surface area contributed by atoms with Crippen molar-refractivity contribution in [3.63, 3.8) is 0 Å². The van der Waals surface area contributed by atoms with Gasteiger partial charge in [0, 0.05) is 17.4 Å². The predicted octanol–water partition coefficient (Wildman–Crippen LogP) is 1.79. The molecule has 1 saturated heterocycles. The van der Waals surface area contributed by atoms with Gasteiger partial charge in [-0.15, -0.1) is 0 Å². The van der Waals surface area contributed by atoms with Crippen LogP contribution in [0.3, 0.4) is 0 Å². The Balaban J connectivity index is 2.04. The van der Waals surface area contributed by atoms with Crippen LogP contribution in [0.4, 0.5) is 0 Å². The molecule has 1 aliphatic heterocycles. The maximum Gasteiger partial charge on any atom is 0.305 e. The number of rotatable bonds is 8. The number of hydrogen-bond donors (Lipinski definition) is 1. The summed E-state index contributed by atoms with van der Waals surface area (Å²) in [7, 11) is 1.41. The van der Waals surface area contributed by atoms with E-state index in [9.17, 15) is 14.7 Å². The summed E-state index contributed by atoms with van der Waals surface area (Å²) in [4.78, 5) is 21.7. The molecule has 0 spiro atoms. The highest BCUT2D eigenvalue weighted by Crippen LogP contribution is 2.34. The van der Waals surface area contributed by atoms with Crippen molar-refractivity contribution in [2.45, 2.75) is 49.9 Å². The standard InChI is InChI=1S/C13H22O4S/c1-17-13(16)7-5-3-2-4-6-12-10(8-14)11(15)9-18-12/h8,10-12,15H,2-7,9H2,1H3/t10-,11?,12+/m0/s1. The lowest BCUT2D eigenvalue weighted by Crippen LogP contribution is -2.24. The van der Waals surface area contributed by atoms with E-state index in [1.165, 1.54) is 7.11 Å². The highest BCUT2D eigenvalue weighted by Gasteiger charge is 2.34. The highest BCUT2D eigenvalue weighted by molar-refractivity contribution is 8.00. The summed E-state index contributed by atoms with van der Waals surface area (Å²) >= 11 is 1.70. The van der Waals surface area contributed by atoms with Gasteiger partial charge in [0.05, 0.1) is 19.1 Å². The molecule has 0 aromatic heterocycles. The number of aliphatic hydroxyl groups excluding tert-OH is 1. The first kappa shape index (κ1) is 15.5. The average molecular weight is 274 g/mol. The topological polar surface area (TPSA) is 63.6 Å². The molecule has 1 heterocycles. The molecule has 5 heteroatoms. The van der Waals surface area contributed by atoms with Crippen LogP contribution in [0.25, 0.3) is 0 Å². The number of carbonyl (C=O) groups is 2. The maximum atomic E-state index is 10.9. The average Bonchev–Trinajstić information content (AvgIpc) is 2.73. The normalized spacial score (nSPS) is 27.1. The number of aldehydes is 1. The molecule has 1 unspecified atom stereocenters. The Labute approximate surface area is 112 Å². The Kier molecular flexibility index (Phi) is 7.35. The summed E-state index contributed by atoms with van der Waals surface area (Å²) in [5.41, 5.74) is 0. The molecule has 104 valence electrons. The number of esters is 1. The number of thioether (sulfide) groups is 1. The van der Waals surface area contributed by atoms with Crippen LogP contribution in [-0.4, -0.2) is 41.6 Å². The molecule has 1 fully saturated rings. The van der Waals surface area contributed by atoms with Crippen LogP contribution in [0, 0.1) is 5.92 Å². The number of carbonyl (C=O) groups excluding carboxylic acids is 2. The van der Waals surface area contributed by atoms with Gasteiger partial charge < -0.3 is 14.6 Å². The summed E-state index contributed by atoms with van der Waals surface area (Å²) in [5, 5.41) is 9.86. The molecule has 0 amide bonds. The van der Waals surface area contributed by atoms with Gasteiger partial charge in [0.1, 0.15) is 6.29 Å². The summed E-state index contributed by atoms with van der Waals surface area (Å²) < 4.78 is 4.57. The number of aliphatic hydroxyl groups is 1. The molecule has 0 aliphatic carbocycles. The first-order valence-electron chi connectivity index (χ1n) is 6.50. The minimum atomic E-state index is -0.461. The van der Waals surface area contributed by atoms with E-state index < -0.39 is 6.10 Å². The van der Waals surface area contributed by atoms with Crippen molar-refractivity contribution in [3.8, 4) is 0 Å². The second-order valence-corrected chi connectivity index (χ2v) is 5.95. The van der Waals surface area contributed by atoms with Gasteiger partial charge in [-0.05, 0) is 12.8 Å². The lowest BCUT2D eigenvalue weighted by molar-refractivity contribution is -0.140. The zero-order chi connectivity index (χ0) is 13.4. The number of ether oxygens (including phenoxy) is 1. The van der Waals surface area contributed by atoms with Crippen molar-refractivity contribution in [1.82, 2.24) is 0 Å². The molecule has 0 bridgehead atoms. The zero-order valence-electron chi connectivity index (χ0n) is 10.8. The Morgan fingerprint density at radius 3 is 2.78 bits per heavy atom. The molecule has 1 aliphatic rings. The van der Waals surface area contributed by atoms with E-state index >= 15 is 0 Å². The lowest BCUT2D eigenvalue weighted by atomic mass is 9.97. The monoisotopic (exact) mass is 274 g/mol. The summed E-state index contributed by atoms with van der Waals surface area (Å²) in [5.74, 6) is 0.340. The fourth-order valence-corrected chi connectivity index (χ4v) is 3.68. The molecule has 18 heavy (non-hydrogen) atoms. The molecule has 0 aromatic carbocycles. The minimum Gasteiger partial charge on any atom is -0.469 e. The first-order chi connectivity index (χ1) is 8.69. The fourth-order valence-electron chi connectivity index (χ4n) is 2.22. The first-order valence-corrected chi connectivity index (χ1v) is 7.55. The van der Waals surface area contributed by atoms with Gasteiger partial charge in [-0.25, -0.2) is 0 Å². The molecular weight excluding hydrogens is 252 g/mol. The molecule has 4 nitrogen and oxygen atoms in total. The van der Waals surface area contributed by atoms with Gasteiger partial charge in [0.25, 0.3) is 0 Å². The van der Waals surface area contributed by atoms with Crippen molar-refractivity contribution < 1.29 is 19.4 Å². The van der Waals surface area contributed by atoms with Crippen LogP contribution >= 0.6 is 11.8 Å². The summed E-state index contributed by atoms with van der Waals surface area (Å²) in [6.07, 6.45) is 5.90. The van der Waals surface area contributed by atoms with E-state index in [1.807, 2.05) is 0 Å². The molecular formula is C13H22O4S. The molecule has 0 saturated carbocycles. The largest absolute Gasteiger partial charge is 0.469 e. The Morgan fingerprint density at radius 1 is 1.39 bits per heavy atom. The minimum absolute atomic E-state index is 0.148.